The molecule has 0 amide bonds. The van der Waals surface area contributed by atoms with E-state index in [9.17, 15) is 0 Å². The molecule has 2 aromatic rings. The molecule has 0 aliphatic heterocycles. The maximum Gasteiger partial charge on any atom is 0.0595 e. The van der Waals surface area contributed by atoms with Gasteiger partial charge in [0.1, 0.15) is 0 Å². The minimum absolute atomic E-state index is 0.484. The van der Waals surface area contributed by atoms with E-state index in [1.807, 2.05) is 18.2 Å². The molecule has 1 aromatic carbocycles. The van der Waals surface area contributed by atoms with Gasteiger partial charge in [0.05, 0.1) is 10.0 Å². The van der Waals surface area contributed by atoms with Crippen molar-refractivity contribution in [1.82, 2.24) is 9.88 Å². The number of nitrogens with one attached hydrogen (secondary N) is 1. The fourth-order valence-corrected chi connectivity index (χ4v) is 3.48. The number of halogens is 2. The number of benzene rings is 1. The van der Waals surface area contributed by atoms with Crippen LogP contribution in [0.2, 0.25) is 10.0 Å². The van der Waals surface area contributed by atoms with Crippen LogP contribution in [0.5, 0.6) is 0 Å². The molecule has 1 N–H and O–H groups in total. The molecule has 1 atom stereocenters. The molecule has 4 heteroatoms. The van der Waals surface area contributed by atoms with Crippen molar-refractivity contribution >= 4 is 23.2 Å². The summed E-state index contributed by atoms with van der Waals surface area (Å²) in [5, 5.41) is 4.67. The zero-order chi connectivity index (χ0) is 14.8. The summed E-state index contributed by atoms with van der Waals surface area (Å²) in [6.07, 6.45) is 9.55. The SMILES string of the molecule is CNC1CCCCc2cn(Cc3ccc(Cl)c(Cl)c3)cc21. The smallest absolute Gasteiger partial charge is 0.0595 e. The van der Waals surface area contributed by atoms with Gasteiger partial charge in [-0.15, -0.1) is 0 Å². The molecule has 112 valence electrons. The highest BCUT2D eigenvalue weighted by Gasteiger charge is 2.19. The fraction of sp³-hybridized carbons (Fsp3) is 0.412. The van der Waals surface area contributed by atoms with Crippen molar-refractivity contribution < 1.29 is 0 Å². The van der Waals surface area contributed by atoms with E-state index in [4.69, 9.17) is 23.2 Å². The van der Waals surface area contributed by atoms with Gasteiger partial charge in [0.15, 0.2) is 0 Å². The van der Waals surface area contributed by atoms with Crippen molar-refractivity contribution in [2.45, 2.75) is 38.3 Å². The van der Waals surface area contributed by atoms with Gasteiger partial charge in [0.25, 0.3) is 0 Å². The molecule has 0 spiro atoms. The second kappa shape index (κ2) is 6.43. The number of hydrogen-bond donors (Lipinski definition) is 1. The number of aryl methyl sites for hydroxylation is 1. The van der Waals surface area contributed by atoms with E-state index in [0.717, 1.165) is 6.54 Å². The molecular formula is C17H20Cl2N2. The summed E-state index contributed by atoms with van der Waals surface area (Å²) in [5.74, 6) is 0. The number of hydrogen-bond acceptors (Lipinski definition) is 1. The zero-order valence-electron chi connectivity index (χ0n) is 12.2. The van der Waals surface area contributed by atoms with Crippen LogP contribution in [0.3, 0.4) is 0 Å². The lowest BCUT2D eigenvalue weighted by molar-refractivity contribution is 0.531. The Hall–Kier alpha value is -0.960. The number of aromatic nitrogens is 1. The third-order valence-corrected chi connectivity index (χ3v) is 5.00. The van der Waals surface area contributed by atoms with E-state index < -0.39 is 0 Å². The van der Waals surface area contributed by atoms with E-state index >= 15 is 0 Å². The van der Waals surface area contributed by atoms with E-state index in [2.05, 4.69) is 29.3 Å². The first-order valence-electron chi connectivity index (χ1n) is 7.47. The standard InChI is InChI=1S/C17H20Cl2N2/c1-20-17-5-3-2-4-13-10-21(11-14(13)17)9-12-6-7-15(18)16(19)8-12/h6-8,10-11,17,20H,2-5,9H2,1H3. The zero-order valence-corrected chi connectivity index (χ0v) is 13.7. The molecule has 1 unspecified atom stereocenters. The molecule has 0 saturated carbocycles. The summed E-state index contributed by atoms with van der Waals surface area (Å²) in [6.45, 7) is 0.834. The molecule has 0 fully saturated rings. The summed E-state index contributed by atoms with van der Waals surface area (Å²) in [4.78, 5) is 0. The minimum atomic E-state index is 0.484. The Bertz CT molecular complexity index is 634. The number of fused-ring (bicyclic) bond motifs is 1. The molecule has 1 aliphatic carbocycles. The van der Waals surface area contributed by atoms with E-state index in [1.165, 1.54) is 42.4 Å². The maximum atomic E-state index is 6.10. The van der Waals surface area contributed by atoms with Crippen molar-refractivity contribution in [3.8, 4) is 0 Å². The number of nitrogens with zero attached hydrogens (tertiary/aromatic N) is 1. The summed E-state index contributed by atoms with van der Waals surface area (Å²) in [5.41, 5.74) is 4.11. The van der Waals surface area contributed by atoms with Crippen LogP contribution in [0, 0.1) is 0 Å². The summed E-state index contributed by atoms with van der Waals surface area (Å²) in [7, 11) is 2.05. The molecule has 1 aromatic heterocycles. The topological polar surface area (TPSA) is 17.0 Å². The highest BCUT2D eigenvalue weighted by atomic mass is 35.5. The van der Waals surface area contributed by atoms with Crippen LogP contribution in [-0.2, 0) is 13.0 Å². The molecule has 1 aliphatic rings. The predicted molar refractivity (Wildman–Crippen MR) is 89.4 cm³/mol. The van der Waals surface area contributed by atoms with Crippen LogP contribution in [0.1, 0.15) is 42.0 Å². The largest absolute Gasteiger partial charge is 0.349 e. The Morgan fingerprint density at radius 1 is 1.19 bits per heavy atom. The second-order valence-electron chi connectivity index (χ2n) is 5.75. The quantitative estimate of drug-likeness (QED) is 0.801. The van der Waals surface area contributed by atoms with Crippen LogP contribution in [-0.4, -0.2) is 11.6 Å². The van der Waals surface area contributed by atoms with E-state index in [1.54, 1.807) is 0 Å². The molecular weight excluding hydrogens is 303 g/mol. The lowest BCUT2D eigenvalue weighted by atomic mass is 10.1. The molecule has 0 bridgehead atoms. The highest BCUT2D eigenvalue weighted by Crippen LogP contribution is 2.30. The molecule has 2 nitrogen and oxygen atoms in total. The first-order chi connectivity index (χ1) is 10.2. The Labute approximate surface area is 136 Å². The average Bonchev–Trinajstić information content (AvgIpc) is 2.76. The fourth-order valence-electron chi connectivity index (χ4n) is 3.16. The summed E-state index contributed by atoms with van der Waals surface area (Å²) < 4.78 is 2.26. The van der Waals surface area contributed by atoms with Crippen LogP contribution in [0.4, 0.5) is 0 Å². The first kappa shape index (κ1) is 15.0. The van der Waals surface area contributed by atoms with E-state index in [-0.39, 0.29) is 0 Å². The van der Waals surface area contributed by atoms with Gasteiger partial charge in [0, 0.05) is 25.0 Å². The molecule has 1 heterocycles. The Kier molecular flexibility index (Phi) is 4.58. The summed E-state index contributed by atoms with van der Waals surface area (Å²) >= 11 is 12.1. The second-order valence-corrected chi connectivity index (χ2v) is 6.56. The lowest BCUT2D eigenvalue weighted by Crippen LogP contribution is -2.15. The van der Waals surface area contributed by atoms with Gasteiger partial charge in [-0.05, 0) is 55.1 Å². The molecule has 0 radical (unpaired) electrons. The first-order valence-corrected chi connectivity index (χ1v) is 8.22. The summed E-state index contributed by atoms with van der Waals surface area (Å²) in [6, 6.07) is 6.33. The van der Waals surface area contributed by atoms with Crippen LogP contribution >= 0.6 is 23.2 Å². The van der Waals surface area contributed by atoms with Crippen molar-refractivity contribution in [3.05, 3.63) is 57.3 Å². The maximum absolute atomic E-state index is 6.10. The molecule has 21 heavy (non-hydrogen) atoms. The van der Waals surface area contributed by atoms with Gasteiger partial charge in [-0.2, -0.15) is 0 Å². The molecule has 0 saturated heterocycles. The lowest BCUT2D eigenvalue weighted by Gasteiger charge is -2.13. The number of rotatable bonds is 3. The van der Waals surface area contributed by atoms with Crippen molar-refractivity contribution in [1.29, 1.82) is 0 Å². The van der Waals surface area contributed by atoms with Crippen molar-refractivity contribution in [2.75, 3.05) is 7.05 Å². The van der Waals surface area contributed by atoms with Crippen LogP contribution in [0.15, 0.2) is 30.6 Å². The Morgan fingerprint density at radius 3 is 2.81 bits per heavy atom. The van der Waals surface area contributed by atoms with Gasteiger partial charge in [-0.3, -0.25) is 0 Å². The van der Waals surface area contributed by atoms with Gasteiger partial charge in [0.2, 0.25) is 0 Å². The van der Waals surface area contributed by atoms with Crippen LogP contribution in [0.25, 0.3) is 0 Å². The average molecular weight is 323 g/mol. The monoisotopic (exact) mass is 322 g/mol. The predicted octanol–water partition coefficient (Wildman–Crippen LogP) is 4.83. The van der Waals surface area contributed by atoms with Gasteiger partial charge < -0.3 is 9.88 Å². The van der Waals surface area contributed by atoms with Gasteiger partial charge in [-0.25, -0.2) is 0 Å². The van der Waals surface area contributed by atoms with E-state index in [0.29, 0.717) is 16.1 Å². The minimum Gasteiger partial charge on any atom is -0.349 e. The third kappa shape index (κ3) is 3.28. The van der Waals surface area contributed by atoms with Gasteiger partial charge in [-0.1, -0.05) is 35.7 Å². The Balaban J connectivity index is 1.85. The normalized spacial score (nSPS) is 18.3. The van der Waals surface area contributed by atoms with Crippen LogP contribution < -0.4 is 5.32 Å². The van der Waals surface area contributed by atoms with Crippen molar-refractivity contribution in [2.24, 2.45) is 0 Å². The third-order valence-electron chi connectivity index (χ3n) is 4.26. The highest BCUT2D eigenvalue weighted by molar-refractivity contribution is 6.42. The van der Waals surface area contributed by atoms with Gasteiger partial charge >= 0.3 is 0 Å². The Morgan fingerprint density at radius 2 is 2.05 bits per heavy atom. The molecule has 3 rings (SSSR count). The van der Waals surface area contributed by atoms with Crippen molar-refractivity contribution in [3.63, 3.8) is 0 Å².